The van der Waals surface area contributed by atoms with Crippen molar-refractivity contribution in [3.63, 3.8) is 0 Å². The number of allylic oxidation sites excluding steroid dienone is 1. The van der Waals surface area contributed by atoms with Gasteiger partial charge in [0.15, 0.2) is 5.82 Å². The minimum atomic E-state index is -0.140. The molecule has 6 heteroatoms. The molecule has 0 spiro atoms. The molecule has 0 radical (unpaired) electrons. The molecule has 0 fully saturated rings. The van der Waals surface area contributed by atoms with Crippen LogP contribution >= 0.6 is 0 Å². The van der Waals surface area contributed by atoms with E-state index >= 15 is 0 Å². The molecule has 2 heterocycles. The summed E-state index contributed by atoms with van der Waals surface area (Å²) in [6.45, 7) is 3.16. The fraction of sp³-hybridized carbons (Fsp3) is 0.455. The molecule has 0 aliphatic carbocycles. The highest BCUT2D eigenvalue weighted by Crippen LogP contribution is 2.24. The van der Waals surface area contributed by atoms with Gasteiger partial charge in [-0.15, -0.1) is 0 Å². The summed E-state index contributed by atoms with van der Waals surface area (Å²) >= 11 is 0. The van der Waals surface area contributed by atoms with E-state index in [4.69, 9.17) is 16.2 Å². The second-order valence-electron chi connectivity index (χ2n) is 3.86. The predicted molar refractivity (Wildman–Crippen MR) is 68.9 cm³/mol. The summed E-state index contributed by atoms with van der Waals surface area (Å²) in [5.74, 6) is 0.836. The Morgan fingerprint density at radius 1 is 1.59 bits per heavy atom. The van der Waals surface area contributed by atoms with Crippen molar-refractivity contribution >= 4 is 12.4 Å². The minimum Gasteiger partial charge on any atom is -0.390 e. The van der Waals surface area contributed by atoms with Crippen LogP contribution in [0.3, 0.4) is 0 Å². The average Bonchev–Trinajstić information content (AvgIpc) is 2.36. The third-order valence-electron chi connectivity index (χ3n) is 2.74. The van der Waals surface area contributed by atoms with Gasteiger partial charge in [-0.25, -0.2) is 4.99 Å². The smallest absolute Gasteiger partial charge is 0.153 e. The van der Waals surface area contributed by atoms with Gasteiger partial charge in [-0.05, 0) is 18.9 Å². The first-order chi connectivity index (χ1) is 8.13. The molecule has 1 unspecified atom stereocenters. The Balaban J connectivity index is 0.000000686. The van der Waals surface area contributed by atoms with Crippen LogP contribution in [0.5, 0.6) is 0 Å². The van der Waals surface area contributed by atoms with Crippen LogP contribution in [0.15, 0.2) is 28.7 Å². The summed E-state index contributed by atoms with van der Waals surface area (Å²) in [5.41, 5.74) is 7.69. The first kappa shape index (κ1) is 13.4. The summed E-state index contributed by atoms with van der Waals surface area (Å²) in [4.78, 5) is 8.37. The van der Waals surface area contributed by atoms with Crippen LogP contribution in [0.25, 0.3) is 0 Å². The normalized spacial score (nSPS) is 22.8. The molecule has 0 aromatic rings. The van der Waals surface area contributed by atoms with Gasteiger partial charge in [-0.1, -0.05) is 0 Å². The van der Waals surface area contributed by atoms with Gasteiger partial charge in [-0.2, -0.15) is 0 Å². The Labute approximate surface area is 101 Å². The average molecular weight is 237 g/mol. The van der Waals surface area contributed by atoms with E-state index in [1.807, 2.05) is 31.1 Å². The molecule has 0 bridgehead atoms. The number of nitrogens with one attached hydrogen (secondary N) is 1. The van der Waals surface area contributed by atoms with E-state index in [-0.39, 0.29) is 12.8 Å². The topological polar surface area (TPSA) is 88.9 Å². The SMILES string of the molecule is C=N.CN1CC(CO)=NC2=C1C=CC(N)N2C. The fourth-order valence-electron chi connectivity index (χ4n) is 1.78. The molecule has 94 valence electrons. The lowest BCUT2D eigenvalue weighted by Gasteiger charge is -2.36. The number of nitrogens with two attached hydrogens (primary N) is 1. The van der Waals surface area contributed by atoms with E-state index < -0.39 is 0 Å². The van der Waals surface area contributed by atoms with Gasteiger partial charge in [0.2, 0.25) is 0 Å². The lowest BCUT2D eigenvalue weighted by atomic mass is 10.2. The fourth-order valence-corrected chi connectivity index (χ4v) is 1.78. The summed E-state index contributed by atoms with van der Waals surface area (Å²) in [7, 11) is 3.88. The van der Waals surface area contributed by atoms with Crippen molar-refractivity contribution in [2.75, 3.05) is 27.2 Å². The van der Waals surface area contributed by atoms with Crippen LogP contribution in [0.1, 0.15) is 0 Å². The second kappa shape index (κ2) is 5.60. The maximum Gasteiger partial charge on any atom is 0.153 e. The predicted octanol–water partition coefficient (Wildman–Crippen LogP) is -0.414. The first-order valence-electron chi connectivity index (χ1n) is 5.28. The van der Waals surface area contributed by atoms with Crippen molar-refractivity contribution in [3.05, 3.63) is 23.7 Å². The Kier molecular flexibility index (Phi) is 4.42. The first-order valence-corrected chi connectivity index (χ1v) is 5.28. The van der Waals surface area contributed by atoms with Gasteiger partial charge in [-0.3, -0.25) is 0 Å². The molecular formula is C11H19N5O. The number of rotatable bonds is 1. The molecule has 0 amide bonds. The Morgan fingerprint density at radius 3 is 2.82 bits per heavy atom. The van der Waals surface area contributed by atoms with E-state index in [9.17, 15) is 0 Å². The van der Waals surface area contributed by atoms with Crippen LogP contribution in [-0.2, 0) is 0 Å². The number of aliphatic imine (C=N–C) groups is 1. The molecule has 0 saturated carbocycles. The molecule has 0 aromatic carbocycles. The Hall–Kier alpha value is -1.66. The minimum absolute atomic E-state index is 0.00604. The van der Waals surface area contributed by atoms with Crippen molar-refractivity contribution in [1.82, 2.24) is 9.80 Å². The van der Waals surface area contributed by atoms with Gasteiger partial charge in [0.05, 0.1) is 30.7 Å². The summed E-state index contributed by atoms with van der Waals surface area (Å²) in [6, 6.07) is 0. The van der Waals surface area contributed by atoms with Gasteiger partial charge < -0.3 is 26.0 Å². The van der Waals surface area contributed by atoms with E-state index in [0.717, 1.165) is 17.2 Å². The van der Waals surface area contributed by atoms with Crippen molar-refractivity contribution in [3.8, 4) is 0 Å². The molecule has 2 aliphatic heterocycles. The zero-order chi connectivity index (χ0) is 13.0. The lowest BCUT2D eigenvalue weighted by molar-refractivity contribution is 0.309. The van der Waals surface area contributed by atoms with Crippen molar-refractivity contribution in [1.29, 1.82) is 5.41 Å². The largest absolute Gasteiger partial charge is 0.390 e. The molecular weight excluding hydrogens is 218 g/mol. The van der Waals surface area contributed by atoms with Crippen molar-refractivity contribution in [2.24, 2.45) is 10.7 Å². The van der Waals surface area contributed by atoms with E-state index in [1.165, 1.54) is 0 Å². The third-order valence-corrected chi connectivity index (χ3v) is 2.74. The maximum absolute atomic E-state index is 9.10. The van der Waals surface area contributed by atoms with Crippen LogP contribution < -0.4 is 5.73 Å². The number of nitrogens with zero attached hydrogens (tertiary/aromatic N) is 3. The quantitative estimate of drug-likeness (QED) is 0.541. The molecule has 0 saturated heterocycles. The maximum atomic E-state index is 9.10. The van der Waals surface area contributed by atoms with Gasteiger partial charge in [0.25, 0.3) is 0 Å². The molecule has 2 rings (SSSR count). The highest BCUT2D eigenvalue weighted by molar-refractivity contribution is 5.89. The monoisotopic (exact) mass is 237 g/mol. The van der Waals surface area contributed by atoms with Crippen LogP contribution in [0.4, 0.5) is 0 Å². The summed E-state index contributed by atoms with van der Waals surface area (Å²) in [6.07, 6.45) is 3.78. The van der Waals surface area contributed by atoms with Gasteiger partial charge >= 0.3 is 0 Å². The number of aliphatic hydroxyl groups excluding tert-OH is 1. The van der Waals surface area contributed by atoms with Crippen LogP contribution in [0.2, 0.25) is 0 Å². The zero-order valence-electron chi connectivity index (χ0n) is 10.2. The number of hydrogen-bond acceptors (Lipinski definition) is 6. The summed E-state index contributed by atoms with van der Waals surface area (Å²) < 4.78 is 0. The molecule has 4 N–H and O–H groups in total. The van der Waals surface area contributed by atoms with Crippen LogP contribution in [-0.4, -0.2) is 60.7 Å². The van der Waals surface area contributed by atoms with E-state index in [2.05, 4.69) is 16.6 Å². The standard InChI is InChI=1S/C10H16N4O.CH3N/c1-13-5-7(6-15)12-10-8(13)3-4-9(11)14(10)2;1-2/h3-4,9,15H,5-6,11H2,1-2H3;2H,1H2. The van der Waals surface area contributed by atoms with E-state index in [0.29, 0.717) is 6.54 Å². The van der Waals surface area contributed by atoms with Gasteiger partial charge in [0.1, 0.15) is 0 Å². The van der Waals surface area contributed by atoms with Crippen LogP contribution in [0, 0.1) is 5.41 Å². The third kappa shape index (κ3) is 2.54. The number of aliphatic hydroxyl groups is 1. The van der Waals surface area contributed by atoms with Crippen molar-refractivity contribution in [2.45, 2.75) is 6.17 Å². The molecule has 17 heavy (non-hydrogen) atoms. The summed E-state index contributed by atoms with van der Waals surface area (Å²) in [5, 5.41) is 14.6. The molecule has 2 aliphatic rings. The Bertz CT molecular complexity index is 374. The second-order valence-corrected chi connectivity index (χ2v) is 3.86. The number of hydrogen-bond donors (Lipinski definition) is 3. The molecule has 0 aromatic heterocycles. The lowest BCUT2D eigenvalue weighted by Crippen LogP contribution is -2.43. The highest BCUT2D eigenvalue weighted by atomic mass is 16.3. The number of likely N-dealkylation sites (N-methyl/N-ethyl adjacent to an activating group) is 2. The molecule has 6 nitrogen and oxygen atoms in total. The molecule has 1 atom stereocenters. The van der Waals surface area contributed by atoms with Gasteiger partial charge in [0, 0.05) is 14.1 Å². The highest BCUT2D eigenvalue weighted by Gasteiger charge is 2.25. The zero-order valence-corrected chi connectivity index (χ0v) is 10.2. The van der Waals surface area contributed by atoms with E-state index in [1.54, 1.807) is 0 Å². The van der Waals surface area contributed by atoms with Crippen molar-refractivity contribution < 1.29 is 5.11 Å². The Morgan fingerprint density at radius 2 is 2.24 bits per heavy atom.